The molecule has 166 valence electrons. The smallest absolute Gasteiger partial charge is 0.267 e. The molecule has 3 aliphatic heterocycles. The van der Waals surface area contributed by atoms with Crippen LogP contribution in [0.3, 0.4) is 0 Å². The van der Waals surface area contributed by atoms with E-state index in [9.17, 15) is 14.0 Å². The molecule has 4 heterocycles. The summed E-state index contributed by atoms with van der Waals surface area (Å²) in [6.07, 6.45) is 5.73. The molecule has 1 aromatic carbocycles. The maximum Gasteiger partial charge on any atom is 0.267 e. The molecule has 0 radical (unpaired) electrons. The minimum Gasteiger partial charge on any atom is -0.342 e. The van der Waals surface area contributed by atoms with E-state index in [1.54, 1.807) is 12.1 Å². The Labute approximate surface area is 181 Å². The van der Waals surface area contributed by atoms with Crippen molar-refractivity contribution in [3.63, 3.8) is 0 Å². The Bertz CT molecular complexity index is 1020. The van der Waals surface area contributed by atoms with Gasteiger partial charge in [-0.3, -0.25) is 19.6 Å². The van der Waals surface area contributed by atoms with Crippen LogP contribution in [0.2, 0.25) is 0 Å². The van der Waals surface area contributed by atoms with Crippen LogP contribution in [0.15, 0.2) is 29.1 Å². The summed E-state index contributed by atoms with van der Waals surface area (Å²) in [4.78, 5) is 29.9. The van der Waals surface area contributed by atoms with Crippen molar-refractivity contribution in [2.75, 3.05) is 19.6 Å². The van der Waals surface area contributed by atoms with Gasteiger partial charge in [-0.25, -0.2) is 4.39 Å². The van der Waals surface area contributed by atoms with Crippen LogP contribution in [0, 0.1) is 24.6 Å². The van der Waals surface area contributed by atoms with Gasteiger partial charge in [-0.1, -0.05) is 18.6 Å². The fourth-order valence-electron chi connectivity index (χ4n) is 6.25. The molecular formula is C24H31FN4O2. The lowest BCUT2D eigenvalue weighted by atomic mass is 9.71. The summed E-state index contributed by atoms with van der Waals surface area (Å²) in [5, 5.41) is 5.39. The first-order valence-corrected chi connectivity index (χ1v) is 11.5. The summed E-state index contributed by atoms with van der Waals surface area (Å²) in [6, 6.07) is 7.78. The van der Waals surface area contributed by atoms with Crippen molar-refractivity contribution in [1.29, 1.82) is 0 Å². The van der Waals surface area contributed by atoms with Gasteiger partial charge in [-0.05, 0) is 68.7 Å². The normalized spacial score (nSPS) is 28.4. The highest BCUT2D eigenvalue weighted by Crippen LogP contribution is 2.42. The van der Waals surface area contributed by atoms with Gasteiger partial charge >= 0.3 is 0 Å². The number of carbonyl (C=O) groups excluding carboxylic acids is 1. The van der Waals surface area contributed by atoms with E-state index in [2.05, 4.69) is 15.1 Å². The van der Waals surface area contributed by atoms with Crippen molar-refractivity contribution in [2.24, 2.45) is 11.8 Å². The Morgan fingerprint density at radius 1 is 1.19 bits per heavy atom. The zero-order valence-corrected chi connectivity index (χ0v) is 18.1. The van der Waals surface area contributed by atoms with Crippen LogP contribution in [-0.2, 0) is 17.6 Å². The first kappa shape index (κ1) is 20.5. The highest BCUT2D eigenvalue weighted by molar-refractivity contribution is 5.79. The number of rotatable bonds is 4. The van der Waals surface area contributed by atoms with Crippen molar-refractivity contribution < 1.29 is 9.18 Å². The number of H-pyrrole nitrogens is 2. The van der Waals surface area contributed by atoms with E-state index < -0.39 is 0 Å². The molecule has 0 saturated carbocycles. The number of benzene rings is 1. The number of piperidine rings is 3. The summed E-state index contributed by atoms with van der Waals surface area (Å²) in [6.45, 7) is 4.42. The molecule has 0 unspecified atom stereocenters. The lowest BCUT2D eigenvalue weighted by Crippen LogP contribution is -2.64. The van der Waals surface area contributed by atoms with Crippen molar-refractivity contribution in [3.8, 4) is 0 Å². The maximum absolute atomic E-state index is 13.8. The molecule has 2 N–H and O–H groups in total. The third kappa shape index (κ3) is 3.95. The molecule has 0 aliphatic carbocycles. The van der Waals surface area contributed by atoms with Gasteiger partial charge in [0.2, 0.25) is 5.91 Å². The Balaban J connectivity index is 1.38. The summed E-state index contributed by atoms with van der Waals surface area (Å²) >= 11 is 0. The predicted octanol–water partition coefficient (Wildman–Crippen LogP) is 2.64. The molecule has 6 nitrogen and oxygen atoms in total. The molecule has 1 aromatic heterocycles. The molecule has 2 bridgehead atoms. The number of halogens is 1. The second kappa shape index (κ2) is 8.26. The van der Waals surface area contributed by atoms with E-state index in [-0.39, 0.29) is 23.7 Å². The Morgan fingerprint density at radius 3 is 2.81 bits per heavy atom. The third-order valence-electron chi connectivity index (χ3n) is 7.73. The maximum atomic E-state index is 13.8. The zero-order valence-electron chi connectivity index (χ0n) is 18.1. The van der Waals surface area contributed by atoms with Gasteiger partial charge in [0.05, 0.1) is 6.42 Å². The van der Waals surface area contributed by atoms with Crippen LogP contribution in [-0.4, -0.2) is 57.6 Å². The van der Waals surface area contributed by atoms with Crippen LogP contribution in [0.4, 0.5) is 4.39 Å². The number of carbonyl (C=O) groups is 1. The van der Waals surface area contributed by atoms with Gasteiger partial charge in [0.25, 0.3) is 5.56 Å². The SMILES string of the molecule is Cc1[nH][nH]c(=O)c1CC(=O)N1C[C@H]2C[C@@H](C1)[C@H](Cc1cccc(F)c1)N1CCCC[C@@H]21. The van der Waals surface area contributed by atoms with Gasteiger partial charge in [-0.2, -0.15) is 0 Å². The zero-order chi connectivity index (χ0) is 21.5. The predicted molar refractivity (Wildman–Crippen MR) is 116 cm³/mol. The minimum absolute atomic E-state index is 0.0386. The van der Waals surface area contributed by atoms with Gasteiger partial charge in [-0.15, -0.1) is 0 Å². The number of fused-ring (bicyclic) bond motifs is 4. The first-order valence-electron chi connectivity index (χ1n) is 11.5. The molecule has 5 rings (SSSR count). The van der Waals surface area contributed by atoms with Crippen molar-refractivity contribution in [3.05, 3.63) is 57.3 Å². The van der Waals surface area contributed by atoms with E-state index in [1.165, 1.54) is 25.3 Å². The molecular weight excluding hydrogens is 395 g/mol. The third-order valence-corrected chi connectivity index (χ3v) is 7.73. The number of aryl methyl sites for hydroxylation is 1. The van der Waals surface area contributed by atoms with Crippen LogP contribution in [0.1, 0.15) is 42.5 Å². The fourth-order valence-corrected chi connectivity index (χ4v) is 6.25. The van der Waals surface area contributed by atoms with Gasteiger partial charge in [0.1, 0.15) is 5.82 Å². The average Bonchev–Trinajstić information content (AvgIpc) is 3.08. The minimum atomic E-state index is -0.203. The van der Waals surface area contributed by atoms with Gasteiger partial charge in [0.15, 0.2) is 0 Å². The number of aromatic amines is 2. The molecule has 3 aliphatic rings. The number of nitrogens with one attached hydrogen (secondary N) is 2. The lowest BCUT2D eigenvalue weighted by Gasteiger charge is -2.57. The Morgan fingerprint density at radius 2 is 2.03 bits per heavy atom. The first-order chi connectivity index (χ1) is 15.0. The molecule has 3 fully saturated rings. The highest BCUT2D eigenvalue weighted by atomic mass is 19.1. The molecule has 31 heavy (non-hydrogen) atoms. The second-order valence-corrected chi connectivity index (χ2v) is 9.62. The van der Waals surface area contributed by atoms with Crippen molar-refractivity contribution in [2.45, 2.75) is 57.5 Å². The van der Waals surface area contributed by atoms with Crippen LogP contribution < -0.4 is 5.56 Å². The number of likely N-dealkylation sites (tertiary alicyclic amines) is 1. The number of aromatic nitrogens is 2. The van der Waals surface area contributed by atoms with E-state index in [0.717, 1.165) is 43.7 Å². The van der Waals surface area contributed by atoms with Crippen molar-refractivity contribution >= 4 is 5.91 Å². The Hall–Kier alpha value is -2.41. The number of hydrogen-bond acceptors (Lipinski definition) is 3. The molecule has 1 amide bonds. The molecule has 3 saturated heterocycles. The Kier molecular flexibility index (Phi) is 5.46. The van der Waals surface area contributed by atoms with Gasteiger partial charge < -0.3 is 10.00 Å². The topological polar surface area (TPSA) is 72.2 Å². The number of nitrogens with zero attached hydrogens (tertiary/aromatic N) is 2. The van der Waals surface area contributed by atoms with Gasteiger partial charge in [0, 0.05) is 36.4 Å². The fraction of sp³-hybridized carbons (Fsp3) is 0.583. The summed E-state index contributed by atoms with van der Waals surface area (Å²) in [5.41, 5.74) is 2.10. The molecule has 4 atom stereocenters. The van der Waals surface area contributed by atoms with Crippen LogP contribution >= 0.6 is 0 Å². The molecule has 0 spiro atoms. The number of hydrogen-bond donors (Lipinski definition) is 2. The average molecular weight is 427 g/mol. The van der Waals surface area contributed by atoms with Crippen LogP contribution in [0.25, 0.3) is 0 Å². The van der Waals surface area contributed by atoms with Crippen LogP contribution in [0.5, 0.6) is 0 Å². The molecule has 7 heteroatoms. The standard InChI is InChI=1S/C24H31FN4O2/c1-15-20(24(31)27-26-15)12-23(30)28-13-17-11-18(14-28)22(29-8-3-2-7-21(17)29)10-16-5-4-6-19(25)9-16/h4-6,9,17-18,21-22H,2-3,7-8,10-14H2,1H3,(H2,26,27,31)/t17-,18+,21+,22+/m1/s1. The van der Waals surface area contributed by atoms with E-state index in [0.29, 0.717) is 29.5 Å². The van der Waals surface area contributed by atoms with E-state index >= 15 is 0 Å². The quantitative estimate of drug-likeness (QED) is 0.790. The highest BCUT2D eigenvalue weighted by Gasteiger charge is 2.47. The second-order valence-electron chi connectivity index (χ2n) is 9.62. The number of amides is 1. The summed E-state index contributed by atoms with van der Waals surface area (Å²) < 4.78 is 13.8. The summed E-state index contributed by atoms with van der Waals surface area (Å²) in [7, 11) is 0. The largest absolute Gasteiger partial charge is 0.342 e. The lowest BCUT2D eigenvalue weighted by molar-refractivity contribution is -0.140. The van der Waals surface area contributed by atoms with E-state index in [4.69, 9.17) is 0 Å². The monoisotopic (exact) mass is 426 g/mol. The summed E-state index contributed by atoms with van der Waals surface area (Å²) in [5.74, 6) is 0.717. The van der Waals surface area contributed by atoms with E-state index in [1.807, 2.05) is 17.9 Å². The molecule has 2 aromatic rings. The van der Waals surface area contributed by atoms with Crippen molar-refractivity contribution in [1.82, 2.24) is 20.0 Å².